The summed E-state index contributed by atoms with van der Waals surface area (Å²) >= 11 is 0. The van der Waals surface area contributed by atoms with Crippen molar-refractivity contribution < 1.29 is 9.90 Å². The maximum Gasteiger partial charge on any atom is 0.309 e. The van der Waals surface area contributed by atoms with Crippen LogP contribution in [-0.4, -0.2) is 11.1 Å². The minimum absolute atomic E-state index is 0.600. The van der Waals surface area contributed by atoms with Gasteiger partial charge in [0.15, 0.2) is 0 Å². The standard InChI is InChI=1S/C14H20O2/c1-4-11-6-8-12(9-7-11)10-14(3,5-2)13(15)16/h6-9H,4-5,10H2,1-3H3,(H,15,16). The topological polar surface area (TPSA) is 37.3 Å². The van der Waals surface area contributed by atoms with Crippen LogP contribution in [0.25, 0.3) is 0 Å². The van der Waals surface area contributed by atoms with Gasteiger partial charge in [0.1, 0.15) is 0 Å². The van der Waals surface area contributed by atoms with Gasteiger partial charge < -0.3 is 5.11 Å². The van der Waals surface area contributed by atoms with E-state index in [0.717, 1.165) is 12.0 Å². The van der Waals surface area contributed by atoms with Crippen molar-refractivity contribution in [2.75, 3.05) is 0 Å². The van der Waals surface area contributed by atoms with E-state index in [1.54, 1.807) is 0 Å². The fourth-order valence-electron chi connectivity index (χ4n) is 1.70. The molecule has 0 fully saturated rings. The van der Waals surface area contributed by atoms with Crippen LogP contribution in [0, 0.1) is 5.41 Å². The van der Waals surface area contributed by atoms with E-state index in [2.05, 4.69) is 19.1 Å². The van der Waals surface area contributed by atoms with Crippen molar-refractivity contribution in [3.8, 4) is 0 Å². The van der Waals surface area contributed by atoms with Crippen molar-refractivity contribution in [3.05, 3.63) is 35.4 Å². The van der Waals surface area contributed by atoms with Crippen LogP contribution in [0.3, 0.4) is 0 Å². The lowest BCUT2D eigenvalue weighted by molar-refractivity contribution is -0.148. The molecule has 0 aliphatic carbocycles. The van der Waals surface area contributed by atoms with E-state index >= 15 is 0 Å². The second kappa shape index (κ2) is 5.15. The summed E-state index contributed by atoms with van der Waals surface area (Å²) in [6.45, 7) is 5.85. The van der Waals surface area contributed by atoms with E-state index in [4.69, 9.17) is 0 Å². The van der Waals surface area contributed by atoms with Gasteiger partial charge in [-0.25, -0.2) is 0 Å². The Morgan fingerprint density at radius 3 is 2.06 bits per heavy atom. The third kappa shape index (κ3) is 2.84. The smallest absolute Gasteiger partial charge is 0.309 e. The molecule has 0 bridgehead atoms. The number of carbonyl (C=O) groups is 1. The molecule has 0 amide bonds. The summed E-state index contributed by atoms with van der Waals surface area (Å²) in [5.74, 6) is -0.713. The molecule has 88 valence electrons. The van der Waals surface area contributed by atoms with Gasteiger partial charge in [-0.1, -0.05) is 38.1 Å². The van der Waals surface area contributed by atoms with Gasteiger partial charge in [-0.2, -0.15) is 0 Å². The molecular weight excluding hydrogens is 200 g/mol. The van der Waals surface area contributed by atoms with Crippen LogP contribution in [0.5, 0.6) is 0 Å². The minimum atomic E-state index is -0.713. The van der Waals surface area contributed by atoms with E-state index in [-0.39, 0.29) is 0 Å². The van der Waals surface area contributed by atoms with Crippen LogP contribution in [0.15, 0.2) is 24.3 Å². The lowest BCUT2D eigenvalue weighted by Gasteiger charge is -2.23. The molecule has 0 heterocycles. The van der Waals surface area contributed by atoms with Gasteiger partial charge in [-0.3, -0.25) is 4.79 Å². The predicted molar refractivity (Wildman–Crippen MR) is 65.6 cm³/mol. The van der Waals surface area contributed by atoms with Crippen molar-refractivity contribution in [2.45, 2.75) is 40.0 Å². The quantitative estimate of drug-likeness (QED) is 0.826. The van der Waals surface area contributed by atoms with Crippen LogP contribution in [0.4, 0.5) is 0 Å². The predicted octanol–water partition coefficient (Wildman–Crippen LogP) is 3.29. The number of rotatable bonds is 5. The summed E-state index contributed by atoms with van der Waals surface area (Å²) in [7, 11) is 0. The largest absolute Gasteiger partial charge is 0.481 e. The minimum Gasteiger partial charge on any atom is -0.481 e. The zero-order valence-electron chi connectivity index (χ0n) is 10.3. The normalized spacial score (nSPS) is 14.4. The number of hydrogen-bond donors (Lipinski definition) is 1. The molecule has 1 aromatic rings. The summed E-state index contributed by atoms with van der Waals surface area (Å²) in [5.41, 5.74) is 1.74. The summed E-state index contributed by atoms with van der Waals surface area (Å²) in [6, 6.07) is 8.23. The third-order valence-electron chi connectivity index (χ3n) is 3.32. The molecule has 16 heavy (non-hydrogen) atoms. The first-order chi connectivity index (χ1) is 7.51. The van der Waals surface area contributed by atoms with Crippen molar-refractivity contribution in [1.29, 1.82) is 0 Å². The number of hydrogen-bond acceptors (Lipinski definition) is 1. The van der Waals surface area contributed by atoms with Gasteiger partial charge in [0.25, 0.3) is 0 Å². The Morgan fingerprint density at radius 2 is 1.69 bits per heavy atom. The second-order valence-electron chi connectivity index (χ2n) is 4.57. The Kier molecular flexibility index (Phi) is 4.11. The van der Waals surface area contributed by atoms with Gasteiger partial charge in [-0.05, 0) is 37.3 Å². The highest BCUT2D eigenvalue weighted by Gasteiger charge is 2.30. The number of benzene rings is 1. The fraction of sp³-hybridized carbons (Fsp3) is 0.500. The molecule has 0 saturated carbocycles. The molecule has 0 saturated heterocycles. The zero-order chi connectivity index (χ0) is 12.2. The Hall–Kier alpha value is -1.31. The van der Waals surface area contributed by atoms with Gasteiger partial charge in [0, 0.05) is 0 Å². The SMILES string of the molecule is CCc1ccc(CC(C)(CC)C(=O)O)cc1. The molecule has 2 nitrogen and oxygen atoms in total. The fourth-order valence-corrected chi connectivity index (χ4v) is 1.70. The van der Waals surface area contributed by atoms with Crippen molar-refractivity contribution in [3.63, 3.8) is 0 Å². The van der Waals surface area contributed by atoms with E-state index < -0.39 is 11.4 Å². The zero-order valence-corrected chi connectivity index (χ0v) is 10.3. The number of aryl methyl sites for hydroxylation is 1. The Bertz CT molecular complexity index is 354. The molecule has 0 spiro atoms. The molecule has 1 rings (SSSR count). The molecule has 0 aliphatic rings. The van der Waals surface area contributed by atoms with Crippen LogP contribution < -0.4 is 0 Å². The Morgan fingerprint density at radius 1 is 1.19 bits per heavy atom. The molecule has 1 aromatic carbocycles. The summed E-state index contributed by atoms with van der Waals surface area (Å²) < 4.78 is 0. The molecule has 0 radical (unpaired) electrons. The summed E-state index contributed by atoms with van der Waals surface area (Å²) in [5, 5.41) is 9.19. The highest BCUT2D eigenvalue weighted by Crippen LogP contribution is 2.26. The van der Waals surface area contributed by atoms with E-state index in [9.17, 15) is 9.90 Å². The van der Waals surface area contributed by atoms with Crippen molar-refractivity contribution in [1.82, 2.24) is 0 Å². The lowest BCUT2D eigenvalue weighted by atomic mass is 9.81. The lowest BCUT2D eigenvalue weighted by Crippen LogP contribution is -2.29. The summed E-state index contributed by atoms with van der Waals surface area (Å²) in [4.78, 5) is 11.2. The third-order valence-corrected chi connectivity index (χ3v) is 3.32. The first-order valence-corrected chi connectivity index (χ1v) is 5.83. The number of carboxylic acid groups (broad SMARTS) is 1. The van der Waals surface area contributed by atoms with Crippen LogP contribution >= 0.6 is 0 Å². The number of carboxylic acids is 1. The Balaban J connectivity index is 2.82. The van der Waals surface area contributed by atoms with Crippen LogP contribution in [-0.2, 0) is 17.6 Å². The van der Waals surface area contributed by atoms with Crippen molar-refractivity contribution >= 4 is 5.97 Å². The monoisotopic (exact) mass is 220 g/mol. The highest BCUT2D eigenvalue weighted by atomic mass is 16.4. The van der Waals surface area contributed by atoms with E-state index in [0.29, 0.717) is 12.8 Å². The van der Waals surface area contributed by atoms with Gasteiger partial charge in [0.2, 0.25) is 0 Å². The van der Waals surface area contributed by atoms with Crippen LogP contribution in [0.2, 0.25) is 0 Å². The number of aliphatic carboxylic acids is 1. The van der Waals surface area contributed by atoms with E-state index in [1.165, 1.54) is 5.56 Å². The maximum absolute atomic E-state index is 11.2. The molecule has 1 N–H and O–H groups in total. The van der Waals surface area contributed by atoms with Gasteiger partial charge in [-0.15, -0.1) is 0 Å². The molecule has 1 atom stereocenters. The molecular formula is C14H20O2. The van der Waals surface area contributed by atoms with Crippen molar-refractivity contribution in [2.24, 2.45) is 5.41 Å². The second-order valence-corrected chi connectivity index (χ2v) is 4.57. The molecule has 0 aliphatic heterocycles. The van der Waals surface area contributed by atoms with E-state index in [1.807, 2.05) is 26.0 Å². The first-order valence-electron chi connectivity index (χ1n) is 5.83. The van der Waals surface area contributed by atoms with Crippen LogP contribution in [0.1, 0.15) is 38.3 Å². The first kappa shape index (κ1) is 12.8. The van der Waals surface area contributed by atoms with Gasteiger partial charge in [0.05, 0.1) is 5.41 Å². The molecule has 0 aromatic heterocycles. The molecule has 2 heteroatoms. The average Bonchev–Trinajstić information content (AvgIpc) is 2.29. The Labute approximate surface area is 97.3 Å². The molecule has 1 unspecified atom stereocenters. The highest BCUT2D eigenvalue weighted by molar-refractivity contribution is 5.74. The average molecular weight is 220 g/mol. The maximum atomic E-state index is 11.2. The van der Waals surface area contributed by atoms with Gasteiger partial charge >= 0.3 is 5.97 Å². The summed E-state index contributed by atoms with van der Waals surface area (Å²) in [6.07, 6.45) is 2.27.